The van der Waals surface area contributed by atoms with Crippen molar-refractivity contribution in [2.75, 3.05) is 5.75 Å². The summed E-state index contributed by atoms with van der Waals surface area (Å²) < 4.78 is 27.8. The molecule has 0 aliphatic heterocycles. The van der Waals surface area contributed by atoms with Gasteiger partial charge in [0.1, 0.15) is 11.6 Å². The van der Waals surface area contributed by atoms with Gasteiger partial charge in [0.25, 0.3) is 0 Å². The van der Waals surface area contributed by atoms with Crippen molar-refractivity contribution < 1.29 is 13.9 Å². The van der Waals surface area contributed by atoms with Crippen LogP contribution in [0.25, 0.3) is 0 Å². The molecule has 0 aromatic heterocycles. The van der Waals surface area contributed by atoms with Gasteiger partial charge in [-0.05, 0) is 51.5 Å². The molecule has 1 N–H and O–H groups in total. The summed E-state index contributed by atoms with van der Waals surface area (Å²) in [6.07, 6.45) is -1.04. The highest BCUT2D eigenvalue weighted by Crippen LogP contribution is 2.27. The predicted octanol–water partition coefficient (Wildman–Crippen LogP) is 5.12. The Bertz CT molecular complexity index is 616. The molecule has 0 heterocycles. The van der Waals surface area contributed by atoms with Crippen LogP contribution >= 0.6 is 27.7 Å². The van der Waals surface area contributed by atoms with Crippen LogP contribution in [0.2, 0.25) is 0 Å². The molecule has 0 bridgehead atoms. The van der Waals surface area contributed by atoms with Gasteiger partial charge >= 0.3 is 0 Å². The van der Waals surface area contributed by atoms with Crippen LogP contribution in [0.15, 0.2) is 45.8 Å². The van der Waals surface area contributed by atoms with Crippen molar-refractivity contribution in [3.05, 3.63) is 63.6 Å². The maximum Gasteiger partial charge on any atom is 0.143 e. The molecule has 0 saturated heterocycles. The van der Waals surface area contributed by atoms with Crippen molar-refractivity contribution in [1.29, 1.82) is 0 Å². The molecule has 0 fully saturated rings. The molecule has 0 amide bonds. The fourth-order valence-electron chi connectivity index (χ4n) is 2.02. The number of aliphatic hydroxyl groups is 1. The van der Waals surface area contributed by atoms with Crippen LogP contribution in [0.5, 0.6) is 0 Å². The quantitative estimate of drug-likeness (QED) is 0.580. The second-order valence-electron chi connectivity index (χ2n) is 4.54. The molecule has 0 radical (unpaired) electrons. The molecule has 21 heavy (non-hydrogen) atoms. The summed E-state index contributed by atoms with van der Waals surface area (Å²) in [5.74, 6) is -0.337. The summed E-state index contributed by atoms with van der Waals surface area (Å²) in [7, 11) is 0. The van der Waals surface area contributed by atoms with Gasteiger partial charge in [-0.1, -0.05) is 19.1 Å². The summed E-state index contributed by atoms with van der Waals surface area (Å²) in [4.78, 5) is 1.10. The third-order valence-electron chi connectivity index (χ3n) is 3.11. The number of hydrogen-bond donors (Lipinski definition) is 1. The maximum atomic E-state index is 13.9. The Morgan fingerprint density at radius 2 is 1.81 bits per heavy atom. The molecule has 1 atom stereocenters. The van der Waals surface area contributed by atoms with E-state index in [1.54, 1.807) is 23.9 Å². The Labute approximate surface area is 135 Å². The lowest BCUT2D eigenvalue weighted by molar-refractivity contribution is 0.175. The monoisotopic (exact) mass is 372 g/mol. The minimum absolute atomic E-state index is 0.0998. The predicted molar refractivity (Wildman–Crippen MR) is 85.6 cm³/mol. The van der Waals surface area contributed by atoms with E-state index in [1.165, 1.54) is 12.1 Å². The van der Waals surface area contributed by atoms with Gasteiger partial charge in [-0.2, -0.15) is 0 Å². The summed E-state index contributed by atoms with van der Waals surface area (Å²) in [5.41, 5.74) is 0.540. The van der Waals surface area contributed by atoms with Gasteiger partial charge in [-0.3, -0.25) is 0 Å². The molecular formula is C16H15BrF2OS. The Kier molecular flexibility index (Phi) is 5.79. The third kappa shape index (κ3) is 4.05. The van der Waals surface area contributed by atoms with E-state index in [9.17, 15) is 13.9 Å². The summed E-state index contributed by atoms with van der Waals surface area (Å²) in [6, 6.07) is 9.89. The number of hydrogen-bond acceptors (Lipinski definition) is 2. The first-order valence-corrected chi connectivity index (χ1v) is 8.34. The average Bonchev–Trinajstić information content (AvgIpc) is 2.48. The zero-order valence-electron chi connectivity index (χ0n) is 11.4. The highest BCUT2D eigenvalue weighted by molar-refractivity contribution is 9.10. The van der Waals surface area contributed by atoms with E-state index in [0.29, 0.717) is 5.56 Å². The maximum absolute atomic E-state index is 13.9. The molecule has 1 nitrogen and oxygen atoms in total. The van der Waals surface area contributed by atoms with Gasteiger partial charge in [-0.15, -0.1) is 11.8 Å². The molecule has 0 aliphatic carbocycles. The van der Waals surface area contributed by atoms with Crippen LogP contribution < -0.4 is 0 Å². The number of halogens is 3. The van der Waals surface area contributed by atoms with Crippen LogP contribution in [0.3, 0.4) is 0 Å². The normalized spacial score (nSPS) is 12.4. The van der Waals surface area contributed by atoms with Crippen molar-refractivity contribution in [3.63, 3.8) is 0 Å². The van der Waals surface area contributed by atoms with Crippen LogP contribution in [0, 0.1) is 11.6 Å². The highest BCUT2D eigenvalue weighted by atomic mass is 79.9. The molecular weight excluding hydrogens is 358 g/mol. The van der Waals surface area contributed by atoms with Gasteiger partial charge < -0.3 is 5.11 Å². The number of aliphatic hydroxyl groups excluding tert-OH is 1. The van der Waals surface area contributed by atoms with Crippen LogP contribution in [-0.4, -0.2) is 10.9 Å². The number of benzene rings is 2. The van der Waals surface area contributed by atoms with E-state index in [0.717, 1.165) is 10.6 Å². The summed E-state index contributed by atoms with van der Waals surface area (Å²) in [6.45, 7) is 2.06. The van der Waals surface area contributed by atoms with Gasteiger partial charge in [0, 0.05) is 16.9 Å². The number of rotatable bonds is 5. The van der Waals surface area contributed by atoms with Crippen molar-refractivity contribution in [2.24, 2.45) is 0 Å². The lowest BCUT2D eigenvalue weighted by Gasteiger charge is -2.13. The van der Waals surface area contributed by atoms with Gasteiger partial charge in [0.15, 0.2) is 0 Å². The van der Waals surface area contributed by atoms with Crippen LogP contribution in [-0.2, 0) is 6.42 Å². The molecule has 0 spiro atoms. The van der Waals surface area contributed by atoms with Gasteiger partial charge in [0.05, 0.1) is 10.6 Å². The largest absolute Gasteiger partial charge is 0.388 e. The SMILES string of the molecule is CCSc1ccc(C(O)Cc2c(F)ccc(Br)c2F)cc1. The Morgan fingerprint density at radius 1 is 1.14 bits per heavy atom. The van der Waals surface area contributed by atoms with E-state index in [1.807, 2.05) is 12.1 Å². The van der Waals surface area contributed by atoms with Crippen LogP contribution in [0.1, 0.15) is 24.2 Å². The molecule has 0 saturated carbocycles. The second kappa shape index (κ2) is 7.38. The zero-order valence-corrected chi connectivity index (χ0v) is 13.8. The molecule has 5 heteroatoms. The third-order valence-corrected chi connectivity index (χ3v) is 4.62. The van der Waals surface area contributed by atoms with E-state index in [2.05, 4.69) is 22.9 Å². The second-order valence-corrected chi connectivity index (χ2v) is 6.74. The summed E-state index contributed by atoms with van der Waals surface area (Å²) >= 11 is 4.73. The summed E-state index contributed by atoms with van der Waals surface area (Å²) in [5, 5.41) is 10.2. The van der Waals surface area contributed by atoms with E-state index in [-0.39, 0.29) is 16.5 Å². The number of thioether (sulfide) groups is 1. The molecule has 0 aliphatic rings. The van der Waals surface area contributed by atoms with E-state index < -0.39 is 17.7 Å². The van der Waals surface area contributed by atoms with Gasteiger partial charge in [0.2, 0.25) is 0 Å². The zero-order chi connectivity index (χ0) is 15.4. The first-order valence-electron chi connectivity index (χ1n) is 6.56. The Balaban J connectivity index is 2.18. The fourth-order valence-corrected chi connectivity index (χ4v) is 3.05. The smallest absolute Gasteiger partial charge is 0.143 e. The standard InChI is InChI=1S/C16H15BrF2OS/c1-2-21-11-5-3-10(4-6-11)15(20)9-12-14(18)8-7-13(17)16(12)19/h3-8,15,20H,2,9H2,1H3. The van der Waals surface area contributed by atoms with Gasteiger partial charge in [-0.25, -0.2) is 8.78 Å². The van der Waals surface area contributed by atoms with Crippen molar-refractivity contribution >= 4 is 27.7 Å². The molecule has 2 rings (SSSR count). The van der Waals surface area contributed by atoms with Crippen LogP contribution in [0.4, 0.5) is 8.78 Å². The first-order chi connectivity index (χ1) is 10.0. The topological polar surface area (TPSA) is 20.2 Å². The molecule has 2 aromatic carbocycles. The molecule has 2 aromatic rings. The lowest BCUT2D eigenvalue weighted by atomic mass is 10.0. The van der Waals surface area contributed by atoms with Crippen molar-refractivity contribution in [3.8, 4) is 0 Å². The average molecular weight is 373 g/mol. The molecule has 1 unspecified atom stereocenters. The van der Waals surface area contributed by atoms with Crippen molar-refractivity contribution in [1.82, 2.24) is 0 Å². The fraction of sp³-hybridized carbons (Fsp3) is 0.250. The van der Waals surface area contributed by atoms with E-state index >= 15 is 0 Å². The first kappa shape index (κ1) is 16.5. The Morgan fingerprint density at radius 3 is 2.43 bits per heavy atom. The highest BCUT2D eigenvalue weighted by Gasteiger charge is 2.17. The van der Waals surface area contributed by atoms with Crippen molar-refractivity contribution in [2.45, 2.75) is 24.3 Å². The van der Waals surface area contributed by atoms with E-state index in [4.69, 9.17) is 0 Å². The minimum atomic E-state index is -0.941. The lowest BCUT2D eigenvalue weighted by Crippen LogP contribution is -2.06. The Hall–Kier alpha value is -0.910. The molecule has 112 valence electrons. The minimum Gasteiger partial charge on any atom is -0.388 e.